The molecule has 0 aliphatic carbocycles. The first-order chi connectivity index (χ1) is 14.0. The maximum atomic E-state index is 13.0. The quantitative estimate of drug-likeness (QED) is 0.374. The molecule has 0 unspecified atom stereocenters. The summed E-state index contributed by atoms with van der Waals surface area (Å²) in [6.07, 6.45) is 0.925. The molecule has 0 aromatic heterocycles. The van der Waals surface area contributed by atoms with Crippen molar-refractivity contribution in [1.29, 1.82) is 0 Å². The van der Waals surface area contributed by atoms with Gasteiger partial charge in [-0.05, 0) is 82.0 Å². The largest absolute Gasteiger partial charge is 0.493 e. The van der Waals surface area contributed by atoms with Crippen molar-refractivity contribution in [2.24, 2.45) is 0 Å². The van der Waals surface area contributed by atoms with Crippen LogP contribution >= 0.6 is 27.5 Å². The van der Waals surface area contributed by atoms with Crippen molar-refractivity contribution in [3.8, 4) is 11.5 Å². The third kappa shape index (κ3) is 6.46. The van der Waals surface area contributed by atoms with Gasteiger partial charge in [-0.15, -0.1) is 0 Å². The van der Waals surface area contributed by atoms with Crippen molar-refractivity contribution >= 4 is 27.5 Å². The molecule has 3 aromatic carbocycles. The number of hydrogen-bond donors (Lipinski definition) is 1. The van der Waals surface area contributed by atoms with Crippen molar-refractivity contribution in [3.63, 3.8) is 0 Å². The van der Waals surface area contributed by atoms with Gasteiger partial charge in [0.2, 0.25) is 0 Å². The Morgan fingerprint density at radius 3 is 2.34 bits per heavy atom. The first-order valence-corrected chi connectivity index (χ1v) is 10.4. The van der Waals surface area contributed by atoms with E-state index in [2.05, 4.69) is 21.2 Å². The van der Waals surface area contributed by atoms with Crippen LogP contribution in [0, 0.1) is 5.82 Å². The summed E-state index contributed by atoms with van der Waals surface area (Å²) in [4.78, 5) is 0. The van der Waals surface area contributed by atoms with E-state index in [9.17, 15) is 4.39 Å². The van der Waals surface area contributed by atoms with Crippen molar-refractivity contribution in [2.75, 3.05) is 13.7 Å². The van der Waals surface area contributed by atoms with Gasteiger partial charge in [0.1, 0.15) is 12.4 Å². The lowest BCUT2D eigenvalue weighted by Crippen LogP contribution is -2.16. The Labute approximate surface area is 183 Å². The molecule has 0 spiro atoms. The van der Waals surface area contributed by atoms with Gasteiger partial charge in [0.05, 0.1) is 11.6 Å². The minimum atomic E-state index is -0.263. The maximum absolute atomic E-state index is 13.0. The summed E-state index contributed by atoms with van der Waals surface area (Å²) in [6.45, 7) is 1.89. The topological polar surface area (TPSA) is 30.5 Å². The zero-order valence-corrected chi connectivity index (χ0v) is 18.4. The molecule has 0 aliphatic heterocycles. The van der Waals surface area contributed by atoms with Crippen LogP contribution in [0.4, 0.5) is 4.39 Å². The molecule has 0 saturated carbocycles. The second-order valence-electron chi connectivity index (χ2n) is 6.58. The average molecular weight is 479 g/mol. The van der Waals surface area contributed by atoms with E-state index in [1.54, 1.807) is 19.2 Å². The van der Waals surface area contributed by atoms with Crippen LogP contribution in [-0.2, 0) is 19.6 Å². The highest BCUT2D eigenvalue weighted by molar-refractivity contribution is 9.10. The SMILES string of the molecule is COc1cc(CNCCc2ccc(Cl)cc2)cc(Br)c1OCc1ccc(F)cc1. The highest BCUT2D eigenvalue weighted by Gasteiger charge is 2.12. The number of methoxy groups -OCH3 is 1. The Balaban J connectivity index is 1.57. The number of nitrogens with one attached hydrogen (secondary N) is 1. The van der Waals surface area contributed by atoms with Crippen LogP contribution in [-0.4, -0.2) is 13.7 Å². The van der Waals surface area contributed by atoms with Crippen LogP contribution in [0.15, 0.2) is 65.1 Å². The predicted octanol–water partition coefficient (Wildman–Crippen LogP) is 6.16. The zero-order valence-electron chi connectivity index (χ0n) is 16.1. The lowest BCUT2D eigenvalue weighted by molar-refractivity contribution is 0.282. The van der Waals surface area contributed by atoms with Gasteiger partial charge in [-0.2, -0.15) is 0 Å². The fraction of sp³-hybridized carbons (Fsp3) is 0.217. The highest BCUT2D eigenvalue weighted by Crippen LogP contribution is 2.37. The van der Waals surface area contributed by atoms with E-state index in [1.165, 1.54) is 17.7 Å². The molecule has 0 bridgehead atoms. The van der Waals surface area contributed by atoms with Gasteiger partial charge in [-0.3, -0.25) is 0 Å². The van der Waals surface area contributed by atoms with Crippen LogP contribution in [0.2, 0.25) is 5.02 Å². The van der Waals surface area contributed by atoms with Gasteiger partial charge in [0.15, 0.2) is 11.5 Å². The van der Waals surface area contributed by atoms with Crippen LogP contribution in [0.25, 0.3) is 0 Å². The van der Waals surface area contributed by atoms with Crippen LogP contribution in [0.1, 0.15) is 16.7 Å². The van der Waals surface area contributed by atoms with Gasteiger partial charge in [0, 0.05) is 11.6 Å². The Morgan fingerprint density at radius 2 is 1.66 bits per heavy atom. The maximum Gasteiger partial charge on any atom is 0.175 e. The van der Waals surface area contributed by atoms with Crippen LogP contribution < -0.4 is 14.8 Å². The van der Waals surface area contributed by atoms with Crippen molar-refractivity contribution in [1.82, 2.24) is 5.32 Å². The number of ether oxygens (including phenoxy) is 2. The average Bonchev–Trinajstić information content (AvgIpc) is 2.72. The molecule has 152 valence electrons. The van der Waals surface area contributed by atoms with Gasteiger partial charge in [0.25, 0.3) is 0 Å². The second kappa shape index (κ2) is 10.6. The third-order valence-electron chi connectivity index (χ3n) is 4.42. The molecular formula is C23H22BrClFNO2. The molecule has 0 amide bonds. The first kappa shape index (κ1) is 21.6. The third-order valence-corrected chi connectivity index (χ3v) is 5.26. The summed E-state index contributed by atoms with van der Waals surface area (Å²) >= 11 is 9.49. The number of benzene rings is 3. The van der Waals surface area contributed by atoms with E-state index in [1.807, 2.05) is 36.4 Å². The molecule has 0 atom stereocenters. The molecule has 3 nitrogen and oxygen atoms in total. The molecule has 0 radical (unpaired) electrons. The van der Waals surface area contributed by atoms with Gasteiger partial charge >= 0.3 is 0 Å². The van der Waals surface area contributed by atoms with Gasteiger partial charge in [-0.1, -0.05) is 35.9 Å². The molecule has 1 N–H and O–H groups in total. The Morgan fingerprint density at radius 1 is 0.966 bits per heavy atom. The van der Waals surface area contributed by atoms with Crippen LogP contribution in [0.5, 0.6) is 11.5 Å². The number of halogens is 3. The second-order valence-corrected chi connectivity index (χ2v) is 7.87. The minimum absolute atomic E-state index is 0.263. The standard InChI is InChI=1S/C23H22BrClFNO2/c1-28-22-13-18(14-27-11-10-16-2-6-19(25)7-3-16)12-21(24)23(22)29-15-17-4-8-20(26)9-5-17/h2-9,12-13,27H,10-11,14-15H2,1H3. The van der Waals surface area contributed by atoms with Crippen molar-refractivity contribution < 1.29 is 13.9 Å². The van der Waals surface area contributed by atoms with E-state index >= 15 is 0 Å². The number of rotatable bonds is 9. The van der Waals surface area contributed by atoms with Gasteiger partial charge in [-0.25, -0.2) is 4.39 Å². The first-order valence-electron chi connectivity index (χ1n) is 9.24. The van der Waals surface area contributed by atoms with E-state index in [4.69, 9.17) is 21.1 Å². The normalized spacial score (nSPS) is 10.8. The van der Waals surface area contributed by atoms with E-state index < -0.39 is 0 Å². The highest BCUT2D eigenvalue weighted by atomic mass is 79.9. The summed E-state index contributed by atoms with van der Waals surface area (Å²) in [5.74, 6) is 1.01. The Kier molecular flexibility index (Phi) is 7.92. The lowest BCUT2D eigenvalue weighted by Gasteiger charge is -2.15. The fourth-order valence-corrected chi connectivity index (χ4v) is 3.60. The molecule has 29 heavy (non-hydrogen) atoms. The van der Waals surface area contributed by atoms with Crippen molar-refractivity contribution in [2.45, 2.75) is 19.6 Å². The van der Waals surface area contributed by atoms with E-state index in [-0.39, 0.29) is 5.82 Å². The van der Waals surface area contributed by atoms with Crippen molar-refractivity contribution in [3.05, 3.63) is 92.7 Å². The van der Waals surface area contributed by atoms with Gasteiger partial charge < -0.3 is 14.8 Å². The van der Waals surface area contributed by atoms with E-state index in [0.717, 1.165) is 33.6 Å². The number of hydrogen-bond acceptors (Lipinski definition) is 3. The smallest absolute Gasteiger partial charge is 0.175 e. The summed E-state index contributed by atoms with van der Waals surface area (Å²) < 4.78 is 25.3. The lowest BCUT2D eigenvalue weighted by atomic mass is 10.1. The Bertz CT molecular complexity index is 933. The molecular weight excluding hydrogens is 457 g/mol. The predicted molar refractivity (Wildman–Crippen MR) is 118 cm³/mol. The summed E-state index contributed by atoms with van der Waals surface area (Å²) in [5.41, 5.74) is 3.21. The summed E-state index contributed by atoms with van der Waals surface area (Å²) in [5, 5.41) is 4.19. The molecule has 0 saturated heterocycles. The molecule has 0 aliphatic rings. The molecule has 6 heteroatoms. The molecule has 0 heterocycles. The molecule has 0 fully saturated rings. The molecule has 3 aromatic rings. The monoisotopic (exact) mass is 477 g/mol. The summed E-state index contributed by atoms with van der Waals surface area (Å²) in [6, 6.07) is 18.1. The zero-order chi connectivity index (χ0) is 20.6. The fourth-order valence-electron chi connectivity index (χ4n) is 2.87. The minimum Gasteiger partial charge on any atom is -0.493 e. The molecule has 3 rings (SSSR count). The van der Waals surface area contributed by atoms with Crippen LogP contribution in [0.3, 0.4) is 0 Å². The summed E-state index contributed by atoms with van der Waals surface area (Å²) in [7, 11) is 1.62. The Hall–Kier alpha value is -2.08. The van der Waals surface area contributed by atoms with E-state index in [0.29, 0.717) is 24.7 Å².